The van der Waals surface area contributed by atoms with E-state index in [2.05, 4.69) is 36.2 Å². The van der Waals surface area contributed by atoms with Crippen LogP contribution in [0.4, 0.5) is 0 Å². The van der Waals surface area contributed by atoms with Gasteiger partial charge in [0.25, 0.3) is 0 Å². The van der Waals surface area contributed by atoms with Gasteiger partial charge in [0, 0.05) is 11.9 Å². The predicted octanol–water partition coefficient (Wildman–Crippen LogP) is 4.22. The van der Waals surface area contributed by atoms with Gasteiger partial charge in [-0.1, -0.05) is 31.5 Å². The summed E-state index contributed by atoms with van der Waals surface area (Å²) in [5, 5.41) is 0. The molecule has 2 nitrogen and oxygen atoms in total. The SMILES string of the molecule is CCCCc1ccc(CCc2ccc(OC)cc2)nc1. The fraction of sp³-hybridized carbons (Fsp3) is 0.389. The summed E-state index contributed by atoms with van der Waals surface area (Å²) in [5.41, 5.74) is 3.84. The molecule has 0 atom stereocenters. The van der Waals surface area contributed by atoms with Gasteiger partial charge in [-0.15, -0.1) is 0 Å². The monoisotopic (exact) mass is 269 g/mol. The molecule has 1 aromatic heterocycles. The summed E-state index contributed by atoms with van der Waals surface area (Å²) in [6.07, 6.45) is 7.65. The summed E-state index contributed by atoms with van der Waals surface area (Å²) >= 11 is 0. The molecular weight excluding hydrogens is 246 g/mol. The predicted molar refractivity (Wildman–Crippen MR) is 83.3 cm³/mol. The molecule has 0 fully saturated rings. The minimum atomic E-state index is 0.909. The lowest BCUT2D eigenvalue weighted by molar-refractivity contribution is 0.414. The van der Waals surface area contributed by atoms with Crippen LogP contribution in [0, 0.1) is 0 Å². The Labute approximate surface area is 121 Å². The smallest absolute Gasteiger partial charge is 0.118 e. The van der Waals surface area contributed by atoms with Crippen molar-refractivity contribution in [3.63, 3.8) is 0 Å². The van der Waals surface area contributed by atoms with E-state index in [4.69, 9.17) is 4.74 Å². The number of methoxy groups -OCH3 is 1. The Bertz CT molecular complexity index is 502. The van der Waals surface area contributed by atoms with Crippen LogP contribution >= 0.6 is 0 Å². The maximum absolute atomic E-state index is 5.16. The van der Waals surface area contributed by atoms with Crippen LogP contribution in [0.25, 0.3) is 0 Å². The molecule has 0 radical (unpaired) electrons. The highest BCUT2D eigenvalue weighted by Crippen LogP contribution is 2.13. The molecule has 1 aromatic carbocycles. The molecule has 0 aliphatic carbocycles. The number of hydrogen-bond acceptors (Lipinski definition) is 2. The van der Waals surface area contributed by atoms with Gasteiger partial charge < -0.3 is 4.74 Å². The topological polar surface area (TPSA) is 22.1 Å². The first-order valence-corrected chi connectivity index (χ1v) is 7.38. The molecule has 1 heterocycles. The Balaban J connectivity index is 1.86. The van der Waals surface area contributed by atoms with Gasteiger partial charge >= 0.3 is 0 Å². The molecule has 0 unspecified atom stereocenters. The third-order valence-electron chi connectivity index (χ3n) is 3.53. The molecule has 0 N–H and O–H groups in total. The molecule has 0 aliphatic heterocycles. The van der Waals surface area contributed by atoms with Crippen LogP contribution < -0.4 is 4.74 Å². The van der Waals surface area contributed by atoms with E-state index in [1.807, 2.05) is 18.3 Å². The van der Waals surface area contributed by atoms with Crippen molar-refractivity contribution >= 4 is 0 Å². The molecule has 0 saturated carbocycles. The Morgan fingerprint density at radius 2 is 1.65 bits per heavy atom. The Hall–Kier alpha value is -1.83. The molecule has 0 spiro atoms. The molecule has 106 valence electrons. The van der Waals surface area contributed by atoms with Crippen LogP contribution in [0.15, 0.2) is 42.6 Å². The van der Waals surface area contributed by atoms with Crippen LogP contribution in [0.3, 0.4) is 0 Å². The first-order chi connectivity index (χ1) is 9.81. The van der Waals surface area contributed by atoms with Gasteiger partial charge in [-0.2, -0.15) is 0 Å². The zero-order chi connectivity index (χ0) is 14.2. The summed E-state index contributed by atoms with van der Waals surface area (Å²) in [7, 11) is 1.69. The zero-order valence-corrected chi connectivity index (χ0v) is 12.4. The van der Waals surface area contributed by atoms with Gasteiger partial charge in [0.2, 0.25) is 0 Å². The minimum Gasteiger partial charge on any atom is -0.497 e. The summed E-state index contributed by atoms with van der Waals surface area (Å²) < 4.78 is 5.16. The van der Waals surface area contributed by atoms with Crippen LogP contribution in [-0.2, 0) is 19.3 Å². The minimum absolute atomic E-state index is 0.909. The molecule has 0 saturated heterocycles. The zero-order valence-electron chi connectivity index (χ0n) is 12.4. The van der Waals surface area contributed by atoms with Gasteiger partial charge in [-0.3, -0.25) is 4.98 Å². The van der Waals surface area contributed by atoms with Crippen molar-refractivity contribution in [2.75, 3.05) is 7.11 Å². The number of hydrogen-bond donors (Lipinski definition) is 0. The van der Waals surface area contributed by atoms with E-state index in [1.54, 1.807) is 7.11 Å². The van der Waals surface area contributed by atoms with Crippen molar-refractivity contribution in [3.05, 3.63) is 59.4 Å². The normalized spacial score (nSPS) is 10.5. The quantitative estimate of drug-likeness (QED) is 0.751. The molecule has 20 heavy (non-hydrogen) atoms. The molecule has 2 heteroatoms. The molecule has 0 bridgehead atoms. The van der Waals surface area contributed by atoms with Crippen molar-refractivity contribution in [1.82, 2.24) is 4.98 Å². The molecule has 0 amide bonds. The molecule has 2 aromatic rings. The van der Waals surface area contributed by atoms with E-state index < -0.39 is 0 Å². The first-order valence-electron chi connectivity index (χ1n) is 7.38. The Morgan fingerprint density at radius 1 is 0.900 bits per heavy atom. The third-order valence-corrected chi connectivity index (χ3v) is 3.53. The van der Waals surface area contributed by atoms with Crippen molar-refractivity contribution in [2.45, 2.75) is 39.0 Å². The summed E-state index contributed by atoms with van der Waals surface area (Å²) in [5.74, 6) is 0.909. The van der Waals surface area contributed by atoms with E-state index in [1.165, 1.54) is 29.7 Å². The van der Waals surface area contributed by atoms with Crippen LogP contribution in [-0.4, -0.2) is 12.1 Å². The standard InChI is InChI=1S/C18H23NO/c1-3-4-5-16-7-11-17(19-14-16)10-6-15-8-12-18(20-2)13-9-15/h7-9,11-14H,3-6,10H2,1-2H3. The average Bonchev–Trinajstić information content (AvgIpc) is 2.52. The number of aryl methyl sites for hydroxylation is 3. The second-order valence-corrected chi connectivity index (χ2v) is 5.11. The highest BCUT2D eigenvalue weighted by Gasteiger charge is 1.99. The number of ether oxygens (including phenoxy) is 1. The van der Waals surface area contributed by atoms with Gasteiger partial charge in [-0.25, -0.2) is 0 Å². The van der Waals surface area contributed by atoms with Crippen molar-refractivity contribution in [3.8, 4) is 5.75 Å². The molecular formula is C18H23NO. The van der Waals surface area contributed by atoms with Gasteiger partial charge in [-0.05, 0) is 55.0 Å². The Morgan fingerprint density at radius 3 is 2.25 bits per heavy atom. The van der Waals surface area contributed by atoms with Gasteiger partial charge in [0.05, 0.1) is 7.11 Å². The number of pyridine rings is 1. The largest absolute Gasteiger partial charge is 0.497 e. The van der Waals surface area contributed by atoms with Crippen molar-refractivity contribution < 1.29 is 4.74 Å². The molecule has 0 aliphatic rings. The van der Waals surface area contributed by atoms with Crippen LogP contribution in [0.1, 0.15) is 36.6 Å². The second-order valence-electron chi connectivity index (χ2n) is 5.11. The van der Waals surface area contributed by atoms with E-state index in [9.17, 15) is 0 Å². The first kappa shape index (κ1) is 14.6. The lowest BCUT2D eigenvalue weighted by atomic mass is 10.1. The summed E-state index contributed by atoms with van der Waals surface area (Å²) in [6, 6.07) is 12.6. The highest BCUT2D eigenvalue weighted by atomic mass is 16.5. The highest BCUT2D eigenvalue weighted by molar-refractivity contribution is 5.27. The van der Waals surface area contributed by atoms with E-state index in [0.717, 1.165) is 25.0 Å². The summed E-state index contributed by atoms with van der Waals surface area (Å²) in [6.45, 7) is 2.22. The van der Waals surface area contributed by atoms with Gasteiger partial charge in [0.15, 0.2) is 0 Å². The lowest BCUT2D eigenvalue weighted by Crippen LogP contribution is -1.96. The van der Waals surface area contributed by atoms with Gasteiger partial charge in [0.1, 0.15) is 5.75 Å². The number of nitrogens with zero attached hydrogens (tertiary/aromatic N) is 1. The fourth-order valence-corrected chi connectivity index (χ4v) is 2.20. The number of unbranched alkanes of at least 4 members (excludes halogenated alkanes) is 1. The number of aromatic nitrogens is 1. The van der Waals surface area contributed by atoms with Crippen LogP contribution in [0.5, 0.6) is 5.75 Å². The molecule has 2 rings (SSSR count). The maximum atomic E-state index is 5.16. The van der Waals surface area contributed by atoms with E-state index >= 15 is 0 Å². The van der Waals surface area contributed by atoms with E-state index in [0.29, 0.717) is 0 Å². The Kier molecular flexibility index (Phi) is 5.60. The summed E-state index contributed by atoms with van der Waals surface area (Å²) in [4.78, 5) is 4.56. The fourth-order valence-electron chi connectivity index (χ4n) is 2.20. The average molecular weight is 269 g/mol. The lowest BCUT2D eigenvalue weighted by Gasteiger charge is -2.05. The van der Waals surface area contributed by atoms with E-state index in [-0.39, 0.29) is 0 Å². The van der Waals surface area contributed by atoms with Crippen LogP contribution in [0.2, 0.25) is 0 Å². The third kappa shape index (κ3) is 4.37. The van der Waals surface area contributed by atoms with Crippen molar-refractivity contribution in [2.24, 2.45) is 0 Å². The maximum Gasteiger partial charge on any atom is 0.118 e. The number of rotatable bonds is 7. The number of benzene rings is 1. The van der Waals surface area contributed by atoms with Crippen molar-refractivity contribution in [1.29, 1.82) is 0 Å². The second kappa shape index (κ2) is 7.68.